The Balaban J connectivity index is 0.00000225. The molecule has 1 aliphatic rings. The number of furan rings is 1. The highest BCUT2D eigenvalue weighted by Gasteiger charge is 2.24. The van der Waals surface area contributed by atoms with Crippen LogP contribution in [-0.4, -0.2) is 30.4 Å². The van der Waals surface area contributed by atoms with Gasteiger partial charge in [-0.25, -0.2) is 0 Å². The molecule has 1 amide bonds. The van der Waals surface area contributed by atoms with Crippen LogP contribution < -0.4 is 5.32 Å². The van der Waals surface area contributed by atoms with Gasteiger partial charge in [0.1, 0.15) is 0 Å². The Labute approximate surface area is 159 Å². The van der Waals surface area contributed by atoms with Gasteiger partial charge in [-0.15, -0.1) is 12.4 Å². The Kier molecular flexibility index (Phi) is 7.82. The van der Waals surface area contributed by atoms with Crippen molar-refractivity contribution in [3.8, 4) is 0 Å². The highest BCUT2D eigenvalue weighted by atomic mass is 35.5. The summed E-state index contributed by atoms with van der Waals surface area (Å²) in [4.78, 5) is 14.7. The number of hydrogen-bond acceptors (Lipinski definition) is 3. The van der Waals surface area contributed by atoms with E-state index in [2.05, 4.69) is 16.3 Å². The average Bonchev–Trinajstić information content (AvgIpc) is 3.00. The highest BCUT2D eigenvalue weighted by molar-refractivity contribution is 6.31. The zero-order valence-corrected chi connectivity index (χ0v) is 15.7. The molecule has 0 radical (unpaired) electrons. The number of halogens is 2. The molecule has 136 valence electrons. The SMILES string of the molecule is Cl.O=C(NCC(c1ccccc1Cl)N1CCCCCC1)c1ccco1. The first-order chi connectivity index (χ1) is 11.8. The van der Waals surface area contributed by atoms with Gasteiger partial charge < -0.3 is 9.73 Å². The molecule has 3 rings (SSSR count). The lowest BCUT2D eigenvalue weighted by Crippen LogP contribution is -2.38. The molecule has 4 nitrogen and oxygen atoms in total. The van der Waals surface area contributed by atoms with E-state index in [0.717, 1.165) is 23.7 Å². The fraction of sp³-hybridized carbons (Fsp3) is 0.421. The summed E-state index contributed by atoms with van der Waals surface area (Å²) in [5, 5.41) is 3.74. The smallest absolute Gasteiger partial charge is 0.287 e. The van der Waals surface area contributed by atoms with Gasteiger partial charge >= 0.3 is 0 Å². The summed E-state index contributed by atoms with van der Waals surface area (Å²) in [6, 6.07) is 11.4. The zero-order chi connectivity index (χ0) is 16.8. The highest BCUT2D eigenvalue weighted by Crippen LogP contribution is 2.29. The van der Waals surface area contributed by atoms with Crippen LogP contribution in [0.2, 0.25) is 5.02 Å². The molecule has 0 spiro atoms. The van der Waals surface area contributed by atoms with Crippen molar-refractivity contribution in [2.45, 2.75) is 31.7 Å². The van der Waals surface area contributed by atoms with Crippen LogP contribution in [0.3, 0.4) is 0 Å². The summed E-state index contributed by atoms with van der Waals surface area (Å²) in [5.74, 6) is 0.149. The third-order valence-electron chi connectivity index (χ3n) is 4.55. The van der Waals surface area contributed by atoms with Crippen molar-refractivity contribution in [3.63, 3.8) is 0 Å². The number of rotatable bonds is 5. The van der Waals surface area contributed by atoms with E-state index in [4.69, 9.17) is 16.0 Å². The average molecular weight is 383 g/mol. The van der Waals surface area contributed by atoms with Crippen LogP contribution in [0.25, 0.3) is 0 Å². The lowest BCUT2D eigenvalue weighted by atomic mass is 10.0. The van der Waals surface area contributed by atoms with Gasteiger partial charge in [0.05, 0.1) is 12.3 Å². The predicted octanol–water partition coefficient (Wildman–Crippen LogP) is 4.70. The van der Waals surface area contributed by atoms with E-state index < -0.39 is 0 Å². The Morgan fingerprint density at radius 3 is 2.48 bits per heavy atom. The molecule has 1 unspecified atom stereocenters. The molecule has 2 heterocycles. The summed E-state index contributed by atoms with van der Waals surface area (Å²) in [7, 11) is 0. The second kappa shape index (κ2) is 9.85. The second-order valence-corrected chi connectivity index (χ2v) is 6.58. The van der Waals surface area contributed by atoms with Crippen LogP contribution in [0.4, 0.5) is 0 Å². The van der Waals surface area contributed by atoms with Crippen molar-refractivity contribution < 1.29 is 9.21 Å². The number of carbonyl (C=O) groups is 1. The molecule has 2 aromatic rings. The number of hydrogen-bond donors (Lipinski definition) is 1. The summed E-state index contributed by atoms with van der Waals surface area (Å²) >= 11 is 6.44. The first-order valence-corrected chi connectivity index (χ1v) is 8.93. The zero-order valence-electron chi connectivity index (χ0n) is 14.1. The first kappa shape index (κ1) is 19.8. The quantitative estimate of drug-likeness (QED) is 0.814. The maximum atomic E-state index is 12.2. The summed E-state index contributed by atoms with van der Waals surface area (Å²) in [5.41, 5.74) is 1.07. The maximum absolute atomic E-state index is 12.2. The molecule has 1 aromatic heterocycles. The molecular formula is C19H24Cl2N2O2. The van der Waals surface area contributed by atoms with E-state index in [1.54, 1.807) is 12.1 Å². The number of carbonyl (C=O) groups excluding carboxylic acids is 1. The molecule has 6 heteroatoms. The Bertz CT molecular complexity index is 653. The van der Waals surface area contributed by atoms with Crippen LogP contribution in [-0.2, 0) is 0 Å². The molecular weight excluding hydrogens is 359 g/mol. The molecule has 1 atom stereocenters. The molecule has 0 aliphatic carbocycles. The summed E-state index contributed by atoms with van der Waals surface area (Å²) in [6.07, 6.45) is 6.42. The van der Waals surface area contributed by atoms with Gasteiger partial charge in [-0.3, -0.25) is 9.69 Å². The van der Waals surface area contributed by atoms with Crippen LogP contribution in [0.1, 0.15) is 47.8 Å². The van der Waals surface area contributed by atoms with Gasteiger partial charge in [-0.05, 0) is 49.7 Å². The van der Waals surface area contributed by atoms with Crippen molar-refractivity contribution in [1.82, 2.24) is 10.2 Å². The molecule has 0 bridgehead atoms. The standard InChI is InChI=1S/C19H23ClN2O2.ClH/c20-16-9-4-3-8-15(16)17(22-11-5-1-2-6-12-22)14-21-19(23)18-10-7-13-24-18;/h3-4,7-10,13,17H,1-2,5-6,11-12,14H2,(H,21,23);1H. The fourth-order valence-electron chi connectivity index (χ4n) is 3.27. The number of benzene rings is 1. The van der Waals surface area contributed by atoms with Gasteiger partial charge in [-0.1, -0.05) is 42.6 Å². The molecule has 1 aliphatic heterocycles. The van der Waals surface area contributed by atoms with Crippen molar-refractivity contribution in [3.05, 3.63) is 59.0 Å². The molecule has 25 heavy (non-hydrogen) atoms. The van der Waals surface area contributed by atoms with E-state index >= 15 is 0 Å². The number of likely N-dealkylation sites (tertiary alicyclic amines) is 1. The lowest BCUT2D eigenvalue weighted by molar-refractivity contribution is 0.0905. The summed E-state index contributed by atoms with van der Waals surface area (Å²) in [6.45, 7) is 2.59. The van der Waals surface area contributed by atoms with E-state index in [-0.39, 0.29) is 24.4 Å². The van der Waals surface area contributed by atoms with E-state index in [0.29, 0.717) is 12.3 Å². The van der Waals surface area contributed by atoms with Gasteiger partial charge in [0.15, 0.2) is 5.76 Å². The predicted molar refractivity (Wildman–Crippen MR) is 103 cm³/mol. The monoisotopic (exact) mass is 382 g/mol. The Hall–Kier alpha value is -1.49. The largest absolute Gasteiger partial charge is 0.459 e. The molecule has 1 fully saturated rings. The molecule has 1 N–H and O–H groups in total. The second-order valence-electron chi connectivity index (χ2n) is 6.17. The topological polar surface area (TPSA) is 45.5 Å². The number of amides is 1. The van der Waals surface area contributed by atoms with Crippen molar-refractivity contribution in [2.24, 2.45) is 0 Å². The third kappa shape index (κ3) is 5.24. The van der Waals surface area contributed by atoms with Crippen LogP contribution in [0.5, 0.6) is 0 Å². The van der Waals surface area contributed by atoms with Crippen molar-refractivity contribution >= 4 is 29.9 Å². The number of nitrogens with zero attached hydrogens (tertiary/aromatic N) is 1. The van der Waals surface area contributed by atoms with Crippen molar-refractivity contribution in [2.75, 3.05) is 19.6 Å². The number of nitrogens with one attached hydrogen (secondary N) is 1. The van der Waals surface area contributed by atoms with Crippen LogP contribution >= 0.6 is 24.0 Å². The Morgan fingerprint density at radius 1 is 1.12 bits per heavy atom. The van der Waals surface area contributed by atoms with Gasteiger partial charge in [0.25, 0.3) is 5.91 Å². The molecule has 0 saturated carbocycles. The van der Waals surface area contributed by atoms with Crippen LogP contribution in [0, 0.1) is 0 Å². The van der Waals surface area contributed by atoms with E-state index in [1.807, 2.05) is 18.2 Å². The normalized spacial score (nSPS) is 16.5. The van der Waals surface area contributed by atoms with Crippen molar-refractivity contribution in [1.29, 1.82) is 0 Å². The van der Waals surface area contributed by atoms with Gasteiger partial charge in [-0.2, -0.15) is 0 Å². The van der Waals surface area contributed by atoms with Crippen LogP contribution in [0.15, 0.2) is 47.1 Å². The van der Waals surface area contributed by atoms with Gasteiger partial charge in [0, 0.05) is 11.6 Å². The minimum Gasteiger partial charge on any atom is -0.459 e. The van der Waals surface area contributed by atoms with E-state index in [9.17, 15) is 4.79 Å². The van der Waals surface area contributed by atoms with Gasteiger partial charge in [0.2, 0.25) is 0 Å². The molecule has 1 saturated heterocycles. The summed E-state index contributed by atoms with van der Waals surface area (Å²) < 4.78 is 5.17. The molecule has 1 aromatic carbocycles. The maximum Gasteiger partial charge on any atom is 0.287 e. The minimum atomic E-state index is -0.188. The lowest BCUT2D eigenvalue weighted by Gasteiger charge is -2.31. The van der Waals surface area contributed by atoms with E-state index in [1.165, 1.54) is 31.9 Å². The first-order valence-electron chi connectivity index (χ1n) is 8.56. The fourth-order valence-corrected chi connectivity index (χ4v) is 3.53. The third-order valence-corrected chi connectivity index (χ3v) is 4.89. The Morgan fingerprint density at radius 2 is 1.84 bits per heavy atom. The minimum absolute atomic E-state index is 0.